The Morgan fingerprint density at radius 3 is 2.46 bits per heavy atom. The Balaban J connectivity index is 1.59. The second kappa shape index (κ2) is 8.01. The van der Waals surface area contributed by atoms with Crippen LogP contribution in [0.1, 0.15) is 12.0 Å². The van der Waals surface area contributed by atoms with Gasteiger partial charge in [0.05, 0.1) is 32.9 Å². The van der Waals surface area contributed by atoms with Gasteiger partial charge in [-0.25, -0.2) is 4.90 Å². The number of nitrogens with zero attached hydrogens (tertiary/aromatic N) is 1. The predicted octanol–water partition coefficient (Wildman–Crippen LogP) is 1.14. The van der Waals surface area contributed by atoms with Crippen molar-refractivity contribution in [2.75, 3.05) is 25.7 Å². The van der Waals surface area contributed by atoms with Gasteiger partial charge in [-0.3, -0.25) is 9.59 Å². The molecule has 2 aromatic carbocycles. The Labute approximate surface area is 152 Å². The van der Waals surface area contributed by atoms with Crippen LogP contribution in [0.2, 0.25) is 0 Å². The second-order valence-electron chi connectivity index (χ2n) is 6.18. The first-order chi connectivity index (χ1) is 12.6. The minimum atomic E-state index is -0.358. The zero-order valence-corrected chi connectivity index (χ0v) is 15.0. The monoisotopic (exact) mass is 355 g/mol. The van der Waals surface area contributed by atoms with Crippen molar-refractivity contribution in [3.63, 3.8) is 0 Å². The smallest absolute Gasteiger partial charge is 0.292 e. The molecule has 0 aliphatic carbocycles. The molecule has 2 N–H and O–H groups in total. The van der Waals surface area contributed by atoms with E-state index in [0.717, 1.165) is 12.0 Å². The fourth-order valence-electron chi connectivity index (χ4n) is 3.18. The normalized spacial score (nSPS) is 16.8. The average molecular weight is 355 g/mol. The lowest BCUT2D eigenvalue weighted by atomic mass is 10.1. The van der Waals surface area contributed by atoms with Gasteiger partial charge in [0.25, 0.3) is 5.91 Å². The van der Waals surface area contributed by atoms with E-state index in [9.17, 15) is 9.59 Å². The Morgan fingerprint density at radius 1 is 1.04 bits per heavy atom. The van der Waals surface area contributed by atoms with Crippen LogP contribution in [0.15, 0.2) is 48.5 Å². The molecule has 6 nitrogen and oxygen atoms in total. The maximum Gasteiger partial charge on any atom is 0.292 e. The SMILES string of the molecule is COc1ccc(CC[NH2+][C@H]2CC(=O)N(c3ccccc3)C2=O)cc1OC. The second-order valence-corrected chi connectivity index (χ2v) is 6.18. The summed E-state index contributed by atoms with van der Waals surface area (Å²) in [6.45, 7) is 0.710. The Morgan fingerprint density at radius 2 is 1.77 bits per heavy atom. The number of carbonyl (C=O) groups is 2. The molecule has 0 saturated carbocycles. The molecule has 0 spiro atoms. The molecule has 1 atom stereocenters. The third-order valence-corrected chi connectivity index (χ3v) is 4.53. The van der Waals surface area contributed by atoms with E-state index in [2.05, 4.69) is 0 Å². The fourth-order valence-corrected chi connectivity index (χ4v) is 3.18. The summed E-state index contributed by atoms with van der Waals surface area (Å²) in [7, 11) is 3.21. The van der Waals surface area contributed by atoms with Gasteiger partial charge in [-0.15, -0.1) is 0 Å². The lowest BCUT2D eigenvalue weighted by Gasteiger charge is -2.14. The van der Waals surface area contributed by atoms with Crippen molar-refractivity contribution in [3.8, 4) is 11.5 Å². The van der Waals surface area contributed by atoms with Crippen LogP contribution in [-0.2, 0) is 16.0 Å². The van der Waals surface area contributed by atoms with E-state index in [0.29, 0.717) is 23.7 Å². The number of anilines is 1. The maximum absolute atomic E-state index is 12.6. The Kier molecular flexibility index (Phi) is 5.53. The van der Waals surface area contributed by atoms with Gasteiger partial charge < -0.3 is 14.8 Å². The van der Waals surface area contributed by atoms with E-state index in [4.69, 9.17) is 9.47 Å². The van der Waals surface area contributed by atoms with Crippen LogP contribution in [0.25, 0.3) is 0 Å². The average Bonchev–Trinajstić information content (AvgIpc) is 2.95. The maximum atomic E-state index is 12.6. The summed E-state index contributed by atoms with van der Waals surface area (Å²) in [5.41, 5.74) is 1.73. The summed E-state index contributed by atoms with van der Waals surface area (Å²) >= 11 is 0. The molecule has 6 heteroatoms. The number of quaternary nitrogens is 1. The van der Waals surface area contributed by atoms with Crippen molar-refractivity contribution in [2.24, 2.45) is 0 Å². The summed E-state index contributed by atoms with van der Waals surface area (Å²) in [4.78, 5) is 26.1. The highest BCUT2D eigenvalue weighted by Crippen LogP contribution is 2.27. The minimum absolute atomic E-state index is 0.145. The molecule has 0 radical (unpaired) electrons. The number of rotatable bonds is 7. The molecule has 1 heterocycles. The van der Waals surface area contributed by atoms with Crippen molar-refractivity contribution >= 4 is 17.5 Å². The summed E-state index contributed by atoms with van der Waals surface area (Å²) in [5, 5.41) is 1.94. The highest BCUT2D eigenvalue weighted by Gasteiger charge is 2.41. The van der Waals surface area contributed by atoms with Crippen molar-refractivity contribution in [1.29, 1.82) is 0 Å². The van der Waals surface area contributed by atoms with Crippen LogP contribution in [0.5, 0.6) is 11.5 Å². The summed E-state index contributed by atoms with van der Waals surface area (Å²) < 4.78 is 10.5. The standard InChI is InChI=1S/C20H22N2O4/c1-25-17-9-8-14(12-18(17)26-2)10-11-21-16-13-19(23)22(20(16)24)15-6-4-3-5-7-15/h3-9,12,16,21H,10-11,13H2,1-2H3/p+1/t16-/m0/s1. The van der Waals surface area contributed by atoms with Gasteiger partial charge in [0.1, 0.15) is 0 Å². The van der Waals surface area contributed by atoms with Crippen molar-refractivity contribution < 1.29 is 24.4 Å². The molecule has 0 unspecified atom stereocenters. The third-order valence-electron chi connectivity index (χ3n) is 4.53. The van der Waals surface area contributed by atoms with Crippen LogP contribution >= 0.6 is 0 Å². The quantitative estimate of drug-likeness (QED) is 0.756. The number of ether oxygens (including phenoxy) is 2. The molecular weight excluding hydrogens is 332 g/mol. The van der Waals surface area contributed by atoms with Crippen LogP contribution in [0.4, 0.5) is 5.69 Å². The summed E-state index contributed by atoms with van der Waals surface area (Å²) in [6, 6.07) is 14.5. The third kappa shape index (κ3) is 3.70. The molecule has 26 heavy (non-hydrogen) atoms. The first kappa shape index (κ1) is 17.9. The van der Waals surface area contributed by atoms with Crippen LogP contribution in [0, 0.1) is 0 Å². The zero-order valence-electron chi connectivity index (χ0n) is 15.0. The highest BCUT2D eigenvalue weighted by atomic mass is 16.5. The van der Waals surface area contributed by atoms with Gasteiger partial charge >= 0.3 is 0 Å². The van der Waals surface area contributed by atoms with Crippen LogP contribution < -0.4 is 19.7 Å². The first-order valence-electron chi connectivity index (χ1n) is 8.60. The zero-order chi connectivity index (χ0) is 18.5. The minimum Gasteiger partial charge on any atom is -0.493 e. The van der Waals surface area contributed by atoms with E-state index in [-0.39, 0.29) is 24.3 Å². The lowest BCUT2D eigenvalue weighted by Crippen LogP contribution is -2.92. The van der Waals surface area contributed by atoms with E-state index in [1.807, 2.05) is 41.7 Å². The first-order valence-corrected chi connectivity index (χ1v) is 8.60. The number of benzene rings is 2. The van der Waals surface area contributed by atoms with Crippen LogP contribution in [0.3, 0.4) is 0 Å². The number of hydrogen-bond acceptors (Lipinski definition) is 4. The number of nitrogens with two attached hydrogens (primary N) is 1. The largest absolute Gasteiger partial charge is 0.493 e. The lowest BCUT2D eigenvalue weighted by molar-refractivity contribution is -0.674. The molecular formula is C20H23N2O4+. The van der Waals surface area contributed by atoms with E-state index >= 15 is 0 Å². The van der Waals surface area contributed by atoms with Crippen molar-refractivity contribution in [3.05, 3.63) is 54.1 Å². The molecule has 1 fully saturated rings. The molecule has 0 bridgehead atoms. The molecule has 2 aromatic rings. The molecule has 1 aliphatic heterocycles. The molecule has 3 rings (SSSR count). The summed E-state index contributed by atoms with van der Waals surface area (Å²) in [6.07, 6.45) is 1.00. The van der Waals surface area contributed by atoms with Gasteiger partial charge in [0.2, 0.25) is 5.91 Å². The predicted molar refractivity (Wildman–Crippen MR) is 97.4 cm³/mol. The number of carbonyl (C=O) groups excluding carboxylic acids is 2. The van der Waals surface area contributed by atoms with Gasteiger partial charge in [0.15, 0.2) is 17.5 Å². The Hall–Kier alpha value is -2.86. The summed E-state index contributed by atoms with van der Waals surface area (Å²) in [5.74, 6) is 1.09. The topological polar surface area (TPSA) is 72.5 Å². The number of methoxy groups -OCH3 is 2. The van der Waals surface area contributed by atoms with E-state index in [1.54, 1.807) is 26.4 Å². The van der Waals surface area contributed by atoms with Gasteiger partial charge in [-0.05, 0) is 29.8 Å². The van der Waals surface area contributed by atoms with Gasteiger partial charge in [0, 0.05) is 6.42 Å². The molecule has 1 aliphatic rings. The number of amides is 2. The highest BCUT2D eigenvalue weighted by molar-refractivity contribution is 6.21. The Bertz CT molecular complexity index is 792. The molecule has 2 amide bonds. The van der Waals surface area contributed by atoms with E-state index < -0.39 is 0 Å². The van der Waals surface area contributed by atoms with Crippen molar-refractivity contribution in [1.82, 2.24) is 0 Å². The number of para-hydroxylation sites is 1. The number of imide groups is 1. The number of hydrogen-bond donors (Lipinski definition) is 1. The molecule has 0 aromatic heterocycles. The van der Waals surface area contributed by atoms with Crippen molar-refractivity contribution in [2.45, 2.75) is 18.9 Å². The van der Waals surface area contributed by atoms with Crippen LogP contribution in [-0.4, -0.2) is 38.6 Å². The molecule has 136 valence electrons. The molecule has 1 saturated heterocycles. The van der Waals surface area contributed by atoms with Gasteiger partial charge in [-0.2, -0.15) is 0 Å². The van der Waals surface area contributed by atoms with Gasteiger partial charge in [-0.1, -0.05) is 24.3 Å². The van der Waals surface area contributed by atoms with E-state index in [1.165, 1.54) is 4.90 Å². The fraction of sp³-hybridized carbons (Fsp3) is 0.300.